The van der Waals surface area contributed by atoms with Gasteiger partial charge in [-0.05, 0) is 17.4 Å². The van der Waals surface area contributed by atoms with Gasteiger partial charge in [0.05, 0.1) is 0 Å². The lowest BCUT2D eigenvalue weighted by molar-refractivity contribution is 1.50. The van der Waals surface area contributed by atoms with Crippen molar-refractivity contribution >= 4 is 12.2 Å². The van der Waals surface area contributed by atoms with Gasteiger partial charge in [0.25, 0.3) is 0 Å². The average Bonchev–Trinajstić information content (AvgIpc) is 2.35. The van der Waals surface area contributed by atoms with Gasteiger partial charge in [-0.25, -0.2) is 0 Å². The highest BCUT2D eigenvalue weighted by Crippen LogP contribution is 1.72. The van der Waals surface area contributed by atoms with Crippen molar-refractivity contribution in [2.45, 2.75) is 34.6 Å². The molecule has 0 atom stereocenters. The summed E-state index contributed by atoms with van der Waals surface area (Å²) < 4.78 is 0. The fourth-order valence-corrected chi connectivity index (χ4v) is 1.05. The van der Waals surface area contributed by atoms with Crippen LogP contribution in [0.3, 0.4) is 0 Å². The van der Waals surface area contributed by atoms with Gasteiger partial charge in [0.2, 0.25) is 0 Å². The van der Waals surface area contributed by atoms with Crippen LogP contribution in [0.2, 0.25) is 0 Å². The molecule has 0 spiro atoms. The Hall–Kier alpha value is -1.30. The zero-order valence-electron chi connectivity index (χ0n) is 10.7. The first-order valence-electron chi connectivity index (χ1n) is 5.72. The SMILES string of the molecule is C=C/C=c1/cccc/c1=C/C.CC.CC. The lowest BCUT2D eigenvalue weighted by atomic mass is 10.2. The molecule has 0 heteroatoms. The zero-order chi connectivity index (χ0) is 12.1. The van der Waals surface area contributed by atoms with Gasteiger partial charge in [-0.15, -0.1) is 0 Å². The Morgan fingerprint density at radius 2 is 1.40 bits per heavy atom. The molecule has 0 heterocycles. The predicted octanol–water partition coefficient (Wildman–Crippen LogP) is 3.51. The lowest BCUT2D eigenvalue weighted by Gasteiger charge is -1.86. The van der Waals surface area contributed by atoms with Gasteiger partial charge < -0.3 is 0 Å². The van der Waals surface area contributed by atoms with Crippen molar-refractivity contribution in [1.29, 1.82) is 0 Å². The van der Waals surface area contributed by atoms with Crippen molar-refractivity contribution in [3.05, 3.63) is 47.4 Å². The molecule has 0 saturated heterocycles. The molecule has 0 saturated carbocycles. The topological polar surface area (TPSA) is 0 Å². The Bertz CT molecular complexity index is 345. The van der Waals surface area contributed by atoms with Gasteiger partial charge in [0.15, 0.2) is 0 Å². The normalized spacial score (nSPS) is 10.7. The highest BCUT2D eigenvalue weighted by Gasteiger charge is 1.78. The van der Waals surface area contributed by atoms with E-state index in [1.807, 2.05) is 58.9 Å². The largest absolute Gasteiger partial charge is 0.0990 e. The maximum Gasteiger partial charge on any atom is -0.0188 e. The lowest BCUT2D eigenvalue weighted by Crippen LogP contribution is -2.22. The van der Waals surface area contributed by atoms with E-state index in [1.54, 1.807) is 0 Å². The van der Waals surface area contributed by atoms with E-state index in [2.05, 4.69) is 24.8 Å². The summed E-state index contributed by atoms with van der Waals surface area (Å²) >= 11 is 0. The predicted molar refractivity (Wildman–Crippen MR) is 73.2 cm³/mol. The highest BCUT2D eigenvalue weighted by atomic mass is 13.8. The minimum Gasteiger partial charge on any atom is -0.0990 e. The van der Waals surface area contributed by atoms with Crippen molar-refractivity contribution in [3.8, 4) is 0 Å². The molecule has 0 aromatic heterocycles. The number of hydrogen-bond acceptors (Lipinski definition) is 0. The zero-order valence-corrected chi connectivity index (χ0v) is 10.7. The second kappa shape index (κ2) is 12.7. The molecule has 0 aliphatic carbocycles. The van der Waals surface area contributed by atoms with Gasteiger partial charge >= 0.3 is 0 Å². The summed E-state index contributed by atoms with van der Waals surface area (Å²) in [6.45, 7) is 13.7. The molecule has 0 nitrogen and oxygen atoms in total. The molecule has 0 N–H and O–H groups in total. The third-order valence-electron chi connectivity index (χ3n) is 1.60. The van der Waals surface area contributed by atoms with Gasteiger partial charge in [0, 0.05) is 0 Å². The Morgan fingerprint density at radius 1 is 0.933 bits per heavy atom. The minimum absolute atomic E-state index is 1.23. The van der Waals surface area contributed by atoms with Gasteiger partial charge in [-0.2, -0.15) is 0 Å². The summed E-state index contributed by atoms with van der Waals surface area (Å²) in [5.74, 6) is 0. The number of hydrogen-bond donors (Lipinski definition) is 0. The second-order valence-corrected chi connectivity index (χ2v) is 2.32. The molecule has 0 radical (unpaired) electrons. The van der Waals surface area contributed by atoms with E-state index >= 15 is 0 Å². The summed E-state index contributed by atoms with van der Waals surface area (Å²) in [6.07, 6.45) is 5.91. The van der Waals surface area contributed by atoms with Gasteiger partial charge in [-0.3, -0.25) is 0 Å². The van der Waals surface area contributed by atoms with Crippen molar-refractivity contribution in [2.75, 3.05) is 0 Å². The molecule has 1 rings (SSSR count). The van der Waals surface area contributed by atoms with Crippen LogP contribution in [0.4, 0.5) is 0 Å². The molecular formula is C15H24. The smallest absolute Gasteiger partial charge is 0.0188 e. The molecule has 0 amide bonds. The van der Waals surface area contributed by atoms with Crippen LogP contribution in [0.5, 0.6) is 0 Å². The summed E-state index contributed by atoms with van der Waals surface area (Å²) in [4.78, 5) is 0. The van der Waals surface area contributed by atoms with Crippen molar-refractivity contribution in [3.63, 3.8) is 0 Å². The van der Waals surface area contributed by atoms with Crippen LogP contribution >= 0.6 is 0 Å². The average molecular weight is 204 g/mol. The Kier molecular flexibility index (Phi) is 13.7. The van der Waals surface area contributed by atoms with Crippen molar-refractivity contribution in [1.82, 2.24) is 0 Å². The standard InChI is InChI=1S/C11H12.2C2H6/c1-3-7-11-9-6-5-8-10(11)4-2;2*1-2/h3-9H,1H2,2H3;2*1-2H3/b10-4-,11-7-;;. The fourth-order valence-electron chi connectivity index (χ4n) is 1.05. The van der Waals surface area contributed by atoms with E-state index < -0.39 is 0 Å². The van der Waals surface area contributed by atoms with Gasteiger partial charge in [-0.1, -0.05) is 76.8 Å². The maximum atomic E-state index is 3.66. The molecule has 0 aliphatic rings. The maximum absolute atomic E-state index is 3.66. The van der Waals surface area contributed by atoms with E-state index in [0.717, 1.165) is 0 Å². The monoisotopic (exact) mass is 204 g/mol. The van der Waals surface area contributed by atoms with Crippen LogP contribution in [0.15, 0.2) is 36.9 Å². The van der Waals surface area contributed by atoms with E-state index in [0.29, 0.717) is 0 Å². The van der Waals surface area contributed by atoms with Crippen LogP contribution < -0.4 is 10.4 Å². The van der Waals surface area contributed by atoms with E-state index in [9.17, 15) is 0 Å². The molecule has 0 bridgehead atoms. The number of benzene rings is 1. The summed E-state index contributed by atoms with van der Waals surface area (Å²) in [5, 5.41) is 2.48. The number of rotatable bonds is 1. The molecule has 0 unspecified atom stereocenters. The molecule has 1 aromatic rings. The molecule has 0 aliphatic heterocycles. The second-order valence-electron chi connectivity index (χ2n) is 2.32. The van der Waals surface area contributed by atoms with E-state index in [1.165, 1.54) is 10.4 Å². The molecular weight excluding hydrogens is 180 g/mol. The fraction of sp³-hybridized carbons (Fsp3) is 0.333. The summed E-state index contributed by atoms with van der Waals surface area (Å²) in [7, 11) is 0. The molecule has 0 fully saturated rings. The Morgan fingerprint density at radius 3 is 1.80 bits per heavy atom. The molecule has 15 heavy (non-hydrogen) atoms. The third kappa shape index (κ3) is 6.73. The van der Waals surface area contributed by atoms with Crippen LogP contribution in [0, 0.1) is 0 Å². The molecule has 84 valence electrons. The first-order valence-corrected chi connectivity index (χ1v) is 5.72. The minimum atomic E-state index is 1.23. The third-order valence-corrected chi connectivity index (χ3v) is 1.60. The van der Waals surface area contributed by atoms with Gasteiger partial charge in [0.1, 0.15) is 0 Å². The van der Waals surface area contributed by atoms with Crippen molar-refractivity contribution < 1.29 is 0 Å². The van der Waals surface area contributed by atoms with E-state index in [4.69, 9.17) is 0 Å². The summed E-state index contributed by atoms with van der Waals surface area (Å²) in [5.41, 5.74) is 0. The van der Waals surface area contributed by atoms with Crippen LogP contribution in [-0.2, 0) is 0 Å². The Balaban J connectivity index is 0. The Labute approximate surface area is 94.7 Å². The highest BCUT2D eigenvalue weighted by molar-refractivity contribution is 5.37. The molecule has 1 aromatic carbocycles. The quantitative estimate of drug-likeness (QED) is 0.657. The first-order chi connectivity index (χ1) is 7.38. The van der Waals surface area contributed by atoms with Crippen molar-refractivity contribution in [2.24, 2.45) is 0 Å². The van der Waals surface area contributed by atoms with Crippen LogP contribution in [0.1, 0.15) is 34.6 Å². The van der Waals surface area contributed by atoms with Crippen LogP contribution in [-0.4, -0.2) is 0 Å². The summed E-state index contributed by atoms with van der Waals surface area (Å²) in [6, 6.07) is 8.24. The van der Waals surface area contributed by atoms with E-state index in [-0.39, 0.29) is 0 Å². The van der Waals surface area contributed by atoms with Crippen LogP contribution in [0.25, 0.3) is 12.2 Å². The first kappa shape index (κ1) is 16.1. The number of allylic oxidation sites excluding steroid dienone is 1.